The number of nitrogens with zero attached hydrogens (tertiary/aromatic N) is 2. The molecular weight excluding hydrogens is 940 g/mol. The minimum atomic E-state index is -0.217. The van der Waals surface area contributed by atoms with Gasteiger partial charge in [0.15, 0.2) is 0 Å². The summed E-state index contributed by atoms with van der Waals surface area (Å²) in [5.41, 5.74) is 26.9. The minimum absolute atomic E-state index is 0.0370. The quantitative estimate of drug-likeness (QED) is 0.161. The van der Waals surface area contributed by atoms with E-state index in [1.807, 2.05) is 11.3 Å². The van der Waals surface area contributed by atoms with E-state index in [1.54, 1.807) is 0 Å². The van der Waals surface area contributed by atoms with E-state index < -0.39 is 0 Å². The molecule has 0 fully saturated rings. The van der Waals surface area contributed by atoms with Gasteiger partial charge in [0.05, 0.1) is 5.69 Å². The van der Waals surface area contributed by atoms with Crippen molar-refractivity contribution < 1.29 is 4.42 Å². The Labute approximate surface area is 455 Å². The van der Waals surface area contributed by atoms with Crippen molar-refractivity contribution >= 4 is 88.9 Å². The lowest BCUT2D eigenvalue weighted by Crippen LogP contribution is -2.60. The van der Waals surface area contributed by atoms with Crippen molar-refractivity contribution in [1.82, 2.24) is 0 Å². The number of hydrogen-bond acceptors (Lipinski definition) is 4. The molecule has 5 heteroatoms. The first-order valence-electron chi connectivity index (χ1n) is 28.7. The van der Waals surface area contributed by atoms with E-state index >= 15 is 0 Å². The molecule has 9 aromatic rings. The van der Waals surface area contributed by atoms with Crippen molar-refractivity contribution in [1.29, 1.82) is 0 Å². The molecule has 0 bridgehead atoms. The van der Waals surface area contributed by atoms with Gasteiger partial charge in [-0.15, -0.1) is 11.3 Å². The van der Waals surface area contributed by atoms with Gasteiger partial charge in [0.2, 0.25) is 0 Å². The zero-order chi connectivity index (χ0) is 52.8. The molecule has 2 aliphatic heterocycles. The van der Waals surface area contributed by atoms with Crippen LogP contribution in [0.4, 0.5) is 28.4 Å². The van der Waals surface area contributed by atoms with Crippen LogP contribution in [-0.2, 0) is 37.9 Å². The molecule has 4 aliphatic carbocycles. The van der Waals surface area contributed by atoms with Gasteiger partial charge >= 0.3 is 6.85 Å². The van der Waals surface area contributed by atoms with Crippen LogP contribution in [0.25, 0.3) is 54.3 Å². The average Bonchev–Trinajstić information content (AvgIpc) is 4.14. The summed E-state index contributed by atoms with van der Waals surface area (Å²) in [6, 6.07) is 46.1. The summed E-state index contributed by atoms with van der Waals surface area (Å²) in [5, 5.41) is 3.70. The van der Waals surface area contributed by atoms with E-state index in [2.05, 4.69) is 222 Å². The molecule has 0 saturated heterocycles. The molecule has 0 radical (unpaired) electrons. The summed E-state index contributed by atoms with van der Waals surface area (Å²) in [7, 11) is 0. The van der Waals surface area contributed by atoms with E-state index in [9.17, 15) is 0 Å². The van der Waals surface area contributed by atoms with Crippen LogP contribution in [0.1, 0.15) is 180 Å². The number of thiophene rings is 1. The van der Waals surface area contributed by atoms with Gasteiger partial charge < -0.3 is 14.1 Å². The van der Waals surface area contributed by atoms with Gasteiger partial charge in [0.1, 0.15) is 11.2 Å². The summed E-state index contributed by atoms with van der Waals surface area (Å²) in [5.74, 6) is 0. The number of para-hydroxylation sites is 2. The highest BCUT2D eigenvalue weighted by atomic mass is 32.1. The molecule has 382 valence electrons. The van der Waals surface area contributed by atoms with Gasteiger partial charge in [-0.1, -0.05) is 145 Å². The molecule has 6 aliphatic rings. The second-order valence-electron chi connectivity index (χ2n) is 28.8. The zero-order valence-electron chi connectivity index (χ0n) is 47.5. The van der Waals surface area contributed by atoms with Gasteiger partial charge in [-0.2, -0.15) is 0 Å². The molecule has 15 rings (SSSR count). The fourth-order valence-electron chi connectivity index (χ4n) is 15.9. The predicted molar refractivity (Wildman–Crippen MR) is 326 cm³/mol. The van der Waals surface area contributed by atoms with E-state index in [4.69, 9.17) is 4.42 Å². The molecule has 7 aromatic carbocycles. The lowest BCUT2D eigenvalue weighted by Gasteiger charge is -2.46. The van der Waals surface area contributed by atoms with Crippen LogP contribution in [0.3, 0.4) is 0 Å². The number of rotatable bonds is 2. The van der Waals surface area contributed by atoms with Gasteiger partial charge in [0.25, 0.3) is 0 Å². The van der Waals surface area contributed by atoms with E-state index in [0.717, 1.165) is 23.0 Å². The molecule has 0 spiro atoms. The van der Waals surface area contributed by atoms with Crippen LogP contribution < -0.4 is 20.0 Å². The third-order valence-corrected chi connectivity index (χ3v) is 22.2. The van der Waals surface area contributed by atoms with E-state index in [0.29, 0.717) is 0 Å². The van der Waals surface area contributed by atoms with Crippen LogP contribution in [0.15, 0.2) is 120 Å². The Kier molecular flexibility index (Phi) is 9.16. The highest BCUT2D eigenvalue weighted by molar-refractivity contribution is 7.32. The highest BCUT2D eigenvalue weighted by Gasteiger charge is 2.51. The summed E-state index contributed by atoms with van der Waals surface area (Å²) in [4.78, 5) is 5.50. The van der Waals surface area contributed by atoms with Crippen LogP contribution >= 0.6 is 11.3 Å². The molecule has 0 atom stereocenters. The number of fused-ring (bicyclic) bond motifs is 16. The van der Waals surface area contributed by atoms with Gasteiger partial charge in [-0.25, -0.2) is 0 Å². The molecule has 4 heterocycles. The van der Waals surface area contributed by atoms with Crippen LogP contribution in [0.5, 0.6) is 0 Å². The largest absolute Gasteiger partial charge is 0.455 e. The molecule has 0 N–H and O–H groups in total. The Balaban J connectivity index is 1.11. The second kappa shape index (κ2) is 14.7. The lowest BCUT2D eigenvalue weighted by molar-refractivity contribution is 0.331. The van der Waals surface area contributed by atoms with Crippen molar-refractivity contribution in [2.45, 2.75) is 173 Å². The van der Waals surface area contributed by atoms with Gasteiger partial charge in [-0.3, -0.25) is 0 Å². The average molecular weight is 1010 g/mol. The molecular formula is C71H73BN2OS. The maximum atomic E-state index is 7.37. The Bertz CT molecular complexity index is 4060. The van der Waals surface area contributed by atoms with Crippen molar-refractivity contribution in [3.05, 3.63) is 160 Å². The maximum absolute atomic E-state index is 7.37. The first-order chi connectivity index (χ1) is 35.9. The molecule has 2 aromatic heterocycles. The van der Waals surface area contributed by atoms with Gasteiger partial charge in [0, 0.05) is 64.9 Å². The molecule has 0 unspecified atom stereocenters. The normalized spacial score (nSPS) is 20.8. The topological polar surface area (TPSA) is 19.6 Å². The van der Waals surface area contributed by atoms with Crippen molar-refractivity contribution in [2.24, 2.45) is 0 Å². The predicted octanol–water partition coefficient (Wildman–Crippen LogP) is 18.9. The fraction of sp³-hybridized carbons (Fsp3) is 0.380. The summed E-state index contributed by atoms with van der Waals surface area (Å²) in [6.45, 7) is 34.6. The van der Waals surface area contributed by atoms with Crippen molar-refractivity contribution in [3.8, 4) is 22.3 Å². The Morgan fingerprint density at radius 3 is 1.66 bits per heavy atom. The highest BCUT2D eigenvalue weighted by Crippen LogP contribution is 2.61. The lowest BCUT2D eigenvalue weighted by atomic mass is 9.46. The monoisotopic (exact) mass is 1010 g/mol. The van der Waals surface area contributed by atoms with Crippen LogP contribution in [-0.4, -0.2) is 6.85 Å². The standard InChI is InChI=1S/C71H73BN2OS/c1-65(2)26-27-66(3,4)51-32-41(24-25-48(51)65)73-57-36-45-42-22-18-19-23-58(42)75-63(45)60-46-33-43-44-34-52-54(69(9,10)30-28-67(52,5)6)37-49(44)71(13,14)50(43)38-56(46)74(40-20-16-15-17-21-40)72(61(57)60)64-62(73)47-35-53-55(39-59(47)76-64)70(11,12)31-29-68(53,7)8/h15-25,32-39H,26-31H2,1-14H3. The third kappa shape index (κ3) is 6.13. The third-order valence-electron chi connectivity index (χ3n) is 21.0. The number of furan rings is 1. The number of hydrogen-bond donors (Lipinski definition) is 0. The van der Waals surface area contributed by atoms with Crippen LogP contribution in [0, 0.1) is 0 Å². The number of benzene rings is 7. The summed E-state index contributed by atoms with van der Waals surface area (Å²) < 4.78 is 10.1. The molecule has 3 nitrogen and oxygen atoms in total. The Hall–Kier alpha value is -6.04. The molecule has 0 amide bonds. The summed E-state index contributed by atoms with van der Waals surface area (Å²) >= 11 is 2.04. The smallest absolute Gasteiger partial charge is 0.343 e. The Morgan fingerprint density at radius 1 is 0.434 bits per heavy atom. The fourth-order valence-corrected chi connectivity index (χ4v) is 17.2. The first-order valence-corrected chi connectivity index (χ1v) is 29.5. The minimum Gasteiger partial charge on any atom is -0.455 e. The molecule has 76 heavy (non-hydrogen) atoms. The number of anilines is 5. The van der Waals surface area contributed by atoms with E-state index in [1.165, 1.54) is 153 Å². The van der Waals surface area contributed by atoms with Crippen LogP contribution in [0.2, 0.25) is 0 Å². The first kappa shape index (κ1) is 47.2. The zero-order valence-corrected chi connectivity index (χ0v) is 48.3. The van der Waals surface area contributed by atoms with Crippen molar-refractivity contribution in [3.63, 3.8) is 0 Å². The Morgan fingerprint density at radius 2 is 0.987 bits per heavy atom. The maximum Gasteiger partial charge on any atom is 0.343 e. The van der Waals surface area contributed by atoms with Gasteiger partial charge in [-0.05, 0) is 199 Å². The molecule has 0 saturated carbocycles. The SMILES string of the molecule is CC1(C)CCC(C)(C)c2cc(N3c4cc5c(oc6ccccc65)c5c4B(c4sc6cc7c(cc6c43)C(C)(C)CCC7(C)C)N(c3ccccc3)c3cc4c(cc3-5)-c3cc5c(cc3C4(C)C)C(C)(C)CCC5(C)C)ccc21. The van der Waals surface area contributed by atoms with Crippen molar-refractivity contribution in [2.75, 3.05) is 9.71 Å². The summed E-state index contributed by atoms with van der Waals surface area (Å²) in [6.07, 6.45) is 7.09. The van der Waals surface area contributed by atoms with E-state index in [-0.39, 0.29) is 44.8 Å². The second-order valence-corrected chi connectivity index (χ2v) is 29.9.